The molecule has 3 aromatic rings. The maximum atomic E-state index is 10.0. The summed E-state index contributed by atoms with van der Waals surface area (Å²) >= 11 is 0. The van der Waals surface area contributed by atoms with Crippen molar-refractivity contribution in [3.63, 3.8) is 0 Å². The standard InChI is InChI=1S/C17H18N4O/c1-10-4-7-15(22)14(8-10)21-17(18)16(19-20-21)13-6-5-11(2)12(3)9-13/h4-9,22H,18H2,1-3H3. The van der Waals surface area contributed by atoms with E-state index in [0.29, 0.717) is 17.2 Å². The Bertz CT molecular complexity index is 852. The van der Waals surface area contributed by atoms with E-state index in [1.807, 2.05) is 44.2 Å². The van der Waals surface area contributed by atoms with Gasteiger partial charge in [0, 0.05) is 5.56 Å². The van der Waals surface area contributed by atoms with Crippen LogP contribution >= 0.6 is 0 Å². The summed E-state index contributed by atoms with van der Waals surface area (Å²) in [5, 5.41) is 18.3. The number of nitrogens with zero attached hydrogens (tertiary/aromatic N) is 3. The van der Waals surface area contributed by atoms with Crippen LogP contribution in [0.3, 0.4) is 0 Å². The SMILES string of the molecule is Cc1ccc(O)c(-n2nnc(-c3ccc(C)c(C)c3)c2N)c1. The smallest absolute Gasteiger partial charge is 0.156 e. The summed E-state index contributed by atoms with van der Waals surface area (Å²) in [6.07, 6.45) is 0. The average molecular weight is 294 g/mol. The van der Waals surface area contributed by atoms with Gasteiger partial charge in [-0.3, -0.25) is 0 Å². The van der Waals surface area contributed by atoms with Crippen molar-refractivity contribution in [2.24, 2.45) is 0 Å². The van der Waals surface area contributed by atoms with Crippen LogP contribution in [0, 0.1) is 20.8 Å². The number of phenols is 1. The molecule has 0 saturated carbocycles. The molecule has 0 atom stereocenters. The lowest BCUT2D eigenvalue weighted by atomic mass is 10.0. The molecule has 1 heterocycles. The van der Waals surface area contributed by atoms with Crippen LogP contribution in [-0.2, 0) is 0 Å². The number of anilines is 1. The lowest BCUT2D eigenvalue weighted by molar-refractivity contribution is 0.470. The molecule has 1 aromatic heterocycles. The molecule has 0 unspecified atom stereocenters. The fourth-order valence-electron chi connectivity index (χ4n) is 2.36. The third-order valence-electron chi connectivity index (χ3n) is 3.84. The molecule has 22 heavy (non-hydrogen) atoms. The molecule has 0 aliphatic carbocycles. The molecule has 2 aromatic carbocycles. The van der Waals surface area contributed by atoms with Gasteiger partial charge in [0.25, 0.3) is 0 Å². The highest BCUT2D eigenvalue weighted by atomic mass is 16.3. The summed E-state index contributed by atoms with van der Waals surface area (Å²) in [6, 6.07) is 11.3. The Morgan fingerprint density at radius 1 is 1.00 bits per heavy atom. The van der Waals surface area contributed by atoms with Gasteiger partial charge in [0.1, 0.15) is 17.1 Å². The van der Waals surface area contributed by atoms with E-state index in [9.17, 15) is 5.11 Å². The minimum Gasteiger partial charge on any atom is -0.506 e. The highest BCUT2D eigenvalue weighted by Gasteiger charge is 2.15. The number of aromatic nitrogens is 3. The number of hydrogen-bond donors (Lipinski definition) is 2. The third kappa shape index (κ3) is 2.30. The van der Waals surface area contributed by atoms with Crippen molar-refractivity contribution in [3.05, 3.63) is 53.1 Å². The molecule has 5 nitrogen and oxygen atoms in total. The van der Waals surface area contributed by atoms with Gasteiger partial charge in [-0.05, 0) is 55.7 Å². The van der Waals surface area contributed by atoms with E-state index in [-0.39, 0.29) is 5.75 Å². The number of aromatic hydroxyl groups is 1. The normalized spacial score (nSPS) is 10.9. The Morgan fingerprint density at radius 2 is 1.77 bits per heavy atom. The Hall–Kier alpha value is -2.82. The maximum Gasteiger partial charge on any atom is 0.156 e. The molecule has 0 fully saturated rings. The zero-order valence-electron chi connectivity index (χ0n) is 12.8. The molecule has 0 amide bonds. The van der Waals surface area contributed by atoms with Gasteiger partial charge in [-0.2, -0.15) is 4.68 Å². The number of phenolic OH excluding ortho intramolecular Hbond substituents is 1. The molecule has 0 aliphatic heterocycles. The molecule has 3 rings (SSSR count). The van der Waals surface area contributed by atoms with Crippen LogP contribution in [-0.4, -0.2) is 20.1 Å². The van der Waals surface area contributed by atoms with Crippen molar-refractivity contribution in [1.82, 2.24) is 15.0 Å². The second kappa shape index (κ2) is 5.18. The van der Waals surface area contributed by atoms with Gasteiger partial charge in [0.05, 0.1) is 0 Å². The monoisotopic (exact) mass is 294 g/mol. The third-order valence-corrected chi connectivity index (χ3v) is 3.84. The van der Waals surface area contributed by atoms with Crippen molar-refractivity contribution in [3.8, 4) is 22.7 Å². The van der Waals surface area contributed by atoms with E-state index in [1.165, 1.54) is 15.8 Å². The minimum atomic E-state index is 0.119. The molecule has 0 aliphatic rings. The van der Waals surface area contributed by atoms with Gasteiger partial charge < -0.3 is 10.8 Å². The number of rotatable bonds is 2. The number of benzene rings is 2. The average Bonchev–Trinajstić information content (AvgIpc) is 2.86. The highest BCUT2D eigenvalue weighted by molar-refractivity contribution is 5.72. The van der Waals surface area contributed by atoms with Crippen molar-refractivity contribution in [1.29, 1.82) is 0 Å². The molecular formula is C17H18N4O. The van der Waals surface area contributed by atoms with Crippen LogP contribution < -0.4 is 5.73 Å². The molecule has 5 heteroatoms. The summed E-state index contributed by atoms with van der Waals surface area (Å²) < 4.78 is 1.47. The number of hydrogen-bond acceptors (Lipinski definition) is 4. The maximum absolute atomic E-state index is 10.0. The van der Waals surface area contributed by atoms with Crippen LogP contribution in [0.1, 0.15) is 16.7 Å². The molecular weight excluding hydrogens is 276 g/mol. The zero-order chi connectivity index (χ0) is 15.9. The summed E-state index contributed by atoms with van der Waals surface area (Å²) in [5.74, 6) is 0.526. The van der Waals surface area contributed by atoms with E-state index in [2.05, 4.69) is 17.2 Å². The number of nitrogens with two attached hydrogens (primary N) is 1. The number of aryl methyl sites for hydroxylation is 3. The first-order chi connectivity index (χ1) is 10.5. The van der Waals surface area contributed by atoms with Gasteiger partial charge >= 0.3 is 0 Å². The first-order valence-corrected chi connectivity index (χ1v) is 7.06. The fourth-order valence-corrected chi connectivity index (χ4v) is 2.36. The van der Waals surface area contributed by atoms with Gasteiger partial charge in [-0.1, -0.05) is 23.4 Å². The van der Waals surface area contributed by atoms with Gasteiger partial charge in [-0.15, -0.1) is 5.10 Å². The molecule has 0 saturated heterocycles. The van der Waals surface area contributed by atoms with E-state index in [4.69, 9.17) is 5.73 Å². The lowest BCUT2D eigenvalue weighted by Gasteiger charge is -2.07. The zero-order valence-corrected chi connectivity index (χ0v) is 12.8. The highest BCUT2D eigenvalue weighted by Crippen LogP contribution is 2.30. The largest absolute Gasteiger partial charge is 0.506 e. The second-order valence-electron chi connectivity index (χ2n) is 5.53. The van der Waals surface area contributed by atoms with E-state index >= 15 is 0 Å². The molecule has 0 spiro atoms. The van der Waals surface area contributed by atoms with Gasteiger partial charge in [-0.25, -0.2) is 0 Å². The van der Waals surface area contributed by atoms with Crippen LogP contribution in [0.5, 0.6) is 5.75 Å². The Kier molecular flexibility index (Phi) is 3.33. The molecule has 3 N–H and O–H groups in total. The first kappa shape index (κ1) is 14.1. The van der Waals surface area contributed by atoms with Crippen molar-refractivity contribution in [2.45, 2.75) is 20.8 Å². The van der Waals surface area contributed by atoms with Crippen molar-refractivity contribution >= 4 is 5.82 Å². The van der Waals surface area contributed by atoms with Crippen LogP contribution in [0.25, 0.3) is 16.9 Å². The molecule has 0 radical (unpaired) electrons. The molecule has 112 valence electrons. The van der Waals surface area contributed by atoms with E-state index < -0.39 is 0 Å². The summed E-state index contributed by atoms with van der Waals surface area (Å²) in [7, 11) is 0. The van der Waals surface area contributed by atoms with Gasteiger partial charge in [0.15, 0.2) is 5.82 Å². The predicted octanol–water partition coefficient (Wildman–Crippen LogP) is 3.15. The van der Waals surface area contributed by atoms with E-state index in [1.54, 1.807) is 6.07 Å². The van der Waals surface area contributed by atoms with E-state index in [0.717, 1.165) is 11.1 Å². The number of nitrogen functional groups attached to an aromatic ring is 1. The predicted molar refractivity (Wildman–Crippen MR) is 87.1 cm³/mol. The van der Waals surface area contributed by atoms with Crippen LogP contribution in [0.4, 0.5) is 5.82 Å². The second-order valence-corrected chi connectivity index (χ2v) is 5.53. The minimum absolute atomic E-state index is 0.119. The summed E-state index contributed by atoms with van der Waals surface area (Å²) in [5.41, 5.74) is 11.7. The lowest BCUT2D eigenvalue weighted by Crippen LogP contribution is -2.03. The molecule has 0 bridgehead atoms. The quantitative estimate of drug-likeness (QED) is 0.761. The topological polar surface area (TPSA) is 77.0 Å². The summed E-state index contributed by atoms with van der Waals surface area (Å²) in [6.45, 7) is 6.05. The summed E-state index contributed by atoms with van der Waals surface area (Å²) in [4.78, 5) is 0. The van der Waals surface area contributed by atoms with Crippen molar-refractivity contribution in [2.75, 3.05) is 5.73 Å². The van der Waals surface area contributed by atoms with Gasteiger partial charge in [0.2, 0.25) is 0 Å². The van der Waals surface area contributed by atoms with Crippen LogP contribution in [0.15, 0.2) is 36.4 Å². The first-order valence-electron chi connectivity index (χ1n) is 7.06. The Balaban J connectivity index is 2.12. The Labute approximate surface area is 129 Å². The Morgan fingerprint density at radius 3 is 2.50 bits per heavy atom. The van der Waals surface area contributed by atoms with Crippen LogP contribution in [0.2, 0.25) is 0 Å². The van der Waals surface area contributed by atoms with Crippen molar-refractivity contribution < 1.29 is 5.11 Å². The fraction of sp³-hybridized carbons (Fsp3) is 0.176.